The van der Waals surface area contributed by atoms with Crippen molar-refractivity contribution in [2.24, 2.45) is 0 Å². The van der Waals surface area contributed by atoms with Crippen LogP contribution in [0.5, 0.6) is 0 Å². The molecule has 18 heavy (non-hydrogen) atoms. The van der Waals surface area contributed by atoms with Crippen molar-refractivity contribution < 1.29 is 9.13 Å². The first-order valence-corrected chi connectivity index (χ1v) is 7.30. The minimum atomic E-state index is -0.186. The Morgan fingerprint density at radius 2 is 2.22 bits per heavy atom. The van der Waals surface area contributed by atoms with Crippen LogP contribution in [-0.2, 0) is 10.1 Å². The molecule has 4 heteroatoms. The molecule has 1 aromatic rings. The van der Waals surface area contributed by atoms with E-state index in [1.807, 2.05) is 6.07 Å². The third-order valence-electron chi connectivity index (χ3n) is 3.10. The van der Waals surface area contributed by atoms with Crippen molar-refractivity contribution in [3.8, 4) is 0 Å². The molecule has 1 aliphatic heterocycles. The van der Waals surface area contributed by atoms with E-state index >= 15 is 0 Å². The Hall–Kier alpha value is -0.610. The van der Waals surface area contributed by atoms with Crippen LogP contribution in [0, 0.1) is 5.82 Å². The highest BCUT2D eigenvalue weighted by atomic mass is 79.9. The zero-order chi connectivity index (χ0) is 13.3. The van der Waals surface area contributed by atoms with Crippen molar-refractivity contribution in [1.29, 1.82) is 0 Å². The molecule has 2 rings (SSSR count). The summed E-state index contributed by atoms with van der Waals surface area (Å²) in [6.45, 7) is 7.92. The molecular formula is C14H19BrFNO. The van der Waals surface area contributed by atoms with Crippen molar-refractivity contribution in [1.82, 2.24) is 0 Å². The summed E-state index contributed by atoms with van der Waals surface area (Å²) in [6.07, 6.45) is 0.182. The van der Waals surface area contributed by atoms with E-state index in [9.17, 15) is 4.39 Å². The highest BCUT2D eigenvalue weighted by molar-refractivity contribution is 9.08. The molecule has 1 unspecified atom stereocenters. The molecule has 1 heterocycles. The molecule has 0 N–H and O–H groups in total. The van der Waals surface area contributed by atoms with Gasteiger partial charge in [-0.25, -0.2) is 4.39 Å². The second-order valence-corrected chi connectivity index (χ2v) is 6.04. The van der Waals surface area contributed by atoms with Crippen LogP contribution in [0.15, 0.2) is 18.2 Å². The molecule has 0 spiro atoms. The summed E-state index contributed by atoms with van der Waals surface area (Å²) in [5.41, 5.74) is 1.91. The van der Waals surface area contributed by atoms with Crippen molar-refractivity contribution >= 4 is 21.6 Å². The number of nitrogens with zero attached hydrogens (tertiary/aromatic N) is 1. The SMILES string of the molecule is CC1CN(c2ccc(F)cc2CBr)CC(C)(C)O1. The van der Waals surface area contributed by atoms with Crippen LogP contribution in [-0.4, -0.2) is 24.8 Å². The van der Waals surface area contributed by atoms with Crippen LogP contribution < -0.4 is 4.90 Å². The molecule has 0 aliphatic carbocycles. The maximum absolute atomic E-state index is 13.3. The maximum Gasteiger partial charge on any atom is 0.123 e. The standard InChI is InChI=1S/C14H19BrFNO/c1-10-8-17(9-14(2,3)18-10)13-5-4-12(16)6-11(13)7-15/h4-6,10H,7-9H2,1-3H3. The molecule has 2 nitrogen and oxygen atoms in total. The number of ether oxygens (including phenoxy) is 1. The Bertz CT molecular complexity index is 436. The van der Waals surface area contributed by atoms with Gasteiger partial charge in [0.15, 0.2) is 0 Å². The minimum Gasteiger partial charge on any atom is -0.369 e. The molecule has 1 aliphatic rings. The van der Waals surface area contributed by atoms with E-state index < -0.39 is 0 Å². The minimum absolute atomic E-state index is 0.171. The molecule has 100 valence electrons. The molecular weight excluding hydrogens is 297 g/mol. The molecule has 1 atom stereocenters. The van der Waals surface area contributed by atoms with Crippen LogP contribution in [0.4, 0.5) is 10.1 Å². The van der Waals surface area contributed by atoms with Gasteiger partial charge in [0.25, 0.3) is 0 Å². The lowest BCUT2D eigenvalue weighted by Crippen LogP contribution is -2.52. The van der Waals surface area contributed by atoms with Gasteiger partial charge in [-0.1, -0.05) is 15.9 Å². The second kappa shape index (κ2) is 5.17. The number of benzene rings is 1. The van der Waals surface area contributed by atoms with Crippen LogP contribution >= 0.6 is 15.9 Å². The van der Waals surface area contributed by atoms with Gasteiger partial charge in [-0.3, -0.25) is 0 Å². The number of rotatable bonds is 2. The van der Waals surface area contributed by atoms with Gasteiger partial charge in [0.05, 0.1) is 11.7 Å². The van der Waals surface area contributed by atoms with E-state index in [-0.39, 0.29) is 17.5 Å². The topological polar surface area (TPSA) is 12.5 Å². The first-order chi connectivity index (χ1) is 8.41. The highest BCUT2D eigenvalue weighted by Crippen LogP contribution is 2.30. The van der Waals surface area contributed by atoms with E-state index in [2.05, 4.69) is 41.6 Å². The van der Waals surface area contributed by atoms with E-state index in [0.717, 1.165) is 24.3 Å². The molecule has 0 aromatic heterocycles. The van der Waals surface area contributed by atoms with Gasteiger partial charge in [-0.05, 0) is 44.5 Å². The quantitative estimate of drug-likeness (QED) is 0.771. The maximum atomic E-state index is 13.3. The Morgan fingerprint density at radius 1 is 1.50 bits per heavy atom. The molecule has 1 aromatic carbocycles. The van der Waals surface area contributed by atoms with Crippen LogP contribution in [0.3, 0.4) is 0 Å². The molecule has 0 amide bonds. The second-order valence-electron chi connectivity index (χ2n) is 5.48. The number of morpholine rings is 1. The lowest BCUT2D eigenvalue weighted by molar-refractivity contribution is -0.0750. The molecule has 0 radical (unpaired) electrons. The van der Waals surface area contributed by atoms with Gasteiger partial charge in [-0.2, -0.15) is 0 Å². The third-order valence-corrected chi connectivity index (χ3v) is 3.70. The van der Waals surface area contributed by atoms with E-state index in [1.165, 1.54) is 6.07 Å². The number of hydrogen-bond donors (Lipinski definition) is 0. The fourth-order valence-corrected chi connectivity index (χ4v) is 3.06. The zero-order valence-corrected chi connectivity index (χ0v) is 12.6. The van der Waals surface area contributed by atoms with Gasteiger partial charge in [-0.15, -0.1) is 0 Å². The summed E-state index contributed by atoms with van der Waals surface area (Å²) >= 11 is 3.43. The average molecular weight is 316 g/mol. The Labute approximate surface area is 116 Å². The molecule has 1 saturated heterocycles. The van der Waals surface area contributed by atoms with Crippen LogP contribution in [0.25, 0.3) is 0 Å². The normalized spacial score (nSPS) is 23.2. The summed E-state index contributed by atoms with van der Waals surface area (Å²) in [4.78, 5) is 2.28. The Kier molecular flexibility index (Phi) is 3.97. The summed E-state index contributed by atoms with van der Waals surface area (Å²) in [5, 5.41) is 0.659. The lowest BCUT2D eigenvalue weighted by atomic mass is 10.0. The third kappa shape index (κ3) is 3.04. The van der Waals surface area contributed by atoms with Gasteiger partial charge < -0.3 is 9.64 Å². The predicted octanol–water partition coefficient (Wildman–Crippen LogP) is 3.72. The number of alkyl halides is 1. The van der Waals surface area contributed by atoms with Gasteiger partial charge in [0.2, 0.25) is 0 Å². The Balaban J connectivity index is 2.30. The fourth-order valence-electron chi connectivity index (χ4n) is 2.61. The van der Waals surface area contributed by atoms with E-state index in [4.69, 9.17) is 4.74 Å². The molecule has 0 saturated carbocycles. The molecule has 0 bridgehead atoms. The summed E-state index contributed by atoms with van der Waals surface area (Å²) in [7, 11) is 0. The average Bonchev–Trinajstić information content (AvgIpc) is 2.25. The first kappa shape index (κ1) is 13.8. The smallest absolute Gasteiger partial charge is 0.123 e. The lowest BCUT2D eigenvalue weighted by Gasteiger charge is -2.43. The molecule has 1 fully saturated rings. The van der Waals surface area contributed by atoms with Gasteiger partial charge >= 0.3 is 0 Å². The van der Waals surface area contributed by atoms with E-state index in [0.29, 0.717) is 5.33 Å². The first-order valence-electron chi connectivity index (χ1n) is 6.18. The van der Waals surface area contributed by atoms with Crippen molar-refractivity contribution in [2.45, 2.75) is 37.8 Å². The largest absolute Gasteiger partial charge is 0.369 e. The van der Waals surface area contributed by atoms with Crippen molar-refractivity contribution in [2.75, 3.05) is 18.0 Å². The fraction of sp³-hybridized carbons (Fsp3) is 0.571. The monoisotopic (exact) mass is 315 g/mol. The van der Waals surface area contributed by atoms with Crippen molar-refractivity contribution in [3.05, 3.63) is 29.6 Å². The van der Waals surface area contributed by atoms with Crippen molar-refractivity contribution in [3.63, 3.8) is 0 Å². The Morgan fingerprint density at radius 3 is 2.83 bits per heavy atom. The van der Waals surface area contributed by atoms with Gasteiger partial charge in [0, 0.05) is 24.1 Å². The summed E-state index contributed by atoms with van der Waals surface area (Å²) in [6, 6.07) is 4.98. The number of halogens is 2. The van der Waals surface area contributed by atoms with Crippen LogP contribution in [0.2, 0.25) is 0 Å². The zero-order valence-electron chi connectivity index (χ0n) is 11.0. The number of hydrogen-bond acceptors (Lipinski definition) is 2. The summed E-state index contributed by atoms with van der Waals surface area (Å²) < 4.78 is 19.2. The van der Waals surface area contributed by atoms with E-state index in [1.54, 1.807) is 6.07 Å². The number of anilines is 1. The summed E-state index contributed by atoms with van der Waals surface area (Å²) in [5.74, 6) is -0.186. The van der Waals surface area contributed by atoms with Crippen LogP contribution in [0.1, 0.15) is 26.3 Å². The predicted molar refractivity (Wildman–Crippen MR) is 75.9 cm³/mol. The van der Waals surface area contributed by atoms with Gasteiger partial charge in [0.1, 0.15) is 5.82 Å². The highest BCUT2D eigenvalue weighted by Gasteiger charge is 2.32.